The normalized spacial score (nSPS) is 10.4. The summed E-state index contributed by atoms with van der Waals surface area (Å²) in [6.45, 7) is 2.69. The maximum atomic E-state index is 13.9. The monoisotopic (exact) mass is 391 g/mol. The van der Waals surface area contributed by atoms with E-state index in [1.54, 1.807) is 29.2 Å². The quantitative estimate of drug-likeness (QED) is 0.655. The van der Waals surface area contributed by atoms with Gasteiger partial charge in [0.2, 0.25) is 11.7 Å². The van der Waals surface area contributed by atoms with Gasteiger partial charge in [-0.1, -0.05) is 6.07 Å². The summed E-state index contributed by atoms with van der Waals surface area (Å²) in [5.41, 5.74) is 1.43. The third-order valence-electron chi connectivity index (χ3n) is 4.40. The molecular formula is C21H26FNO5. The van der Waals surface area contributed by atoms with Gasteiger partial charge in [0.25, 0.3) is 0 Å². The van der Waals surface area contributed by atoms with Gasteiger partial charge in [0.05, 0.1) is 34.9 Å². The van der Waals surface area contributed by atoms with E-state index in [2.05, 4.69) is 0 Å². The summed E-state index contributed by atoms with van der Waals surface area (Å²) >= 11 is 0. The first-order valence-corrected chi connectivity index (χ1v) is 8.86. The minimum absolute atomic E-state index is 0.0898. The van der Waals surface area contributed by atoms with Crippen molar-refractivity contribution in [3.63, 3.8) is 0 Å². The van der Waals surface area contributed by atoms with E-state index in [1.807, 2.05) is 6.92 Å². The van der Waals surface area contributed by atoms with E-state index in [4.69, 9.17) is 18.9 Å². The second kappa shape index (κ2) is 9.82. The zero-order valence-electron chi connectivity index (χ0n) is 16.9. The average Bonchev–Trinajstić information content (AvgIpc) is 2.71. The largest absolute Gasteiger partial charge is 0.494 e. The first-order valence-electron chi connectivity index (χ1n) is 8.86. The van der Waals surface area contributed by atoms with E-state index < -0.39 is 5.82 Å². The highest BCUT2D eigenvalue weighted by Crippen LogP contribution is 2.38. The zero-order chi connectivity index (χ0) is 20.7. The third-order valence-corrected chi connectivity index (χ3v) is 4.40. The van der Waals surface area contributed by atoms with Gasteiger partial charge < -0.3 is 23.8 Å². The maximum Gasteiger partial charge on any atom is 0.227 e. The standard InChI is InChI=1S/C21H26FNO5/c1-6-23(13-14-7-8-17(25-2)16(22)9-14)20(24)12-15-10-18(26-3)21(28-5)19(11-15)27-4/h7-11H,6,12-13H2,1-5H3. The molecule has 0 atom stereocenters. The fraction of sp³-hybridized carbons (Fsp3) is 0.381. The lowest BCUT2D eigenvalue weighted by Crippen LogP contribution is -2.31. The Morgan fingerprint density at radius 2 is 1.50 bits per heavy atom. The molecule has 0 radical (unpaired) electrons. The summed E-state index contributed by atoms with van der Waals surface area (Å²) in [5, 5.41) is 0. The Labute approximate surface area is 164 Å². The van der Waals surface area contributed by atoms with Crippen molar-refractivity contribution < 1.29 is 28.1 Å². The highest BCUT2D eigenvalue weighted by atomic mass is 19.1. The molecule has 0 heterocycles. The van der Waals surface area contributed by atoms with Gasteiger partial charge in [0, 0.05) is 13.1 Å². The number of ether oxygens (including phenoxy) is 4. The number of amides is 1. The molecule has 0 aromatic heterocycles. The zero-order valence-corrected chi connectivity index (χ0v) is 16.9. The van der Waals surface area contributed by atoms with Crippen LogP contribution in [0.4, 0.5) is 4.39 Å². The molecule has 0 spiro atoms. The van der Waals surface area contributed by atoms with Gasteiger partial charge in [-0.2, -0.15) is 0 Å². The summed E-state index contributed by atoms with van der Waals surface area (Å²) < 4.78 is 34.8. The van der Waals surface area contributed by atoms with Gasteiger partial charge in [0.15, 0.2) is 23.1 Å². The number of nitrogens with zero attached hydrogens (tertiary/aromatic N) is 1. The number of benzene rings is 2. The molecule has 152 valence electrons. The Balaban J connectivity index is 2.18. The molecule has 0 fully saturated rings. The van der Waals surface area contributed by atoms with Crippen LogP contribution in [0.25, 0.3) is 0 Å². The van der Waals surface area contributed by atoms with Gasteiger partial charge in [-0.25, -0.2) is 4.39 Å². The van der Waals surface area contributed by atoms with Crippen LogP contribution >= 0.6 is 0 Å². The van der Waals surface area contributed by atoms with Crippen molar-refractivity contribution in [2.75, 3.05) is 35.0 Å². The van der Waals surface area contributed by atoms with Crippen LogP contribution < -0.4 is 18.9 Å². The predicted octanol–water partition coefficient (Wildman–Crippen LogP) is 3.45. The van der Waals surface area contributed by atoms with E-state index in [9.17, 15) is 9.18 Å². The number of likely N-dealkylation sites (N-methyl/N-ethyl adjacent to an activating group) is 1. The number of carbonyl (C=O) groups is 1. The molecule has 0 aliphatic carbocycles. The second-order valence-corrected chi connectivity index (χ2v) is 6.09. The minimum Gasteiger partial charge on any atom is -0.494 e. The molecule has 28 heavy (non-hydrogen) atoms. The Hall–Kier alpha value is -2.96. The van der Waals surface area contributed by atoms with Crippen LogP contribution in [0.2, 0.25) is 0 Å². The van der Waals surface area contributed by atoms with Crippen molar-refractivity contribution in [3.8, 4) is 23.0 Å². The Kier molecular flexibility index (Phi) is 7.49. The third kappa shape index (κ3) is 4.85. The van der Waals surface area contributed by atoms with E-state index in [-0.39, 0.29) is 18.1 Å². The molecule has 0 aliphatic rings. The molecule has 0 saturated heterocycles. The maximum absolute atomic E-state index is 13.9. The van der Waals surface area contributed by atoms with Crippen molar-refractivity contribution in [2.45, 2.75) is 19.9 Å². The van der Waals surface area contributed by atoms with E-state index >= 15 is 0 Å². The number of hydrogen-bond acceptors (Lipinski definition) is 5. The molecule has 7 heteroatoms. The Morgan fingerprint density at radius 3 is 1.96 bits per heavy atom. The summed E-state index contributed by atoms with van der Waals surface area (Å²) in [6, 6.07) is 8.19. The van der Waals surface area contributed by atoms with Crippen LogP contribution in [0.1, 0.15) is 18.1 Å². The number of rotatable bonds is 9. The molecule has 6 nitrogen and oxygen atoms in total. The van der Waals surface area contributed by atoms with E-state index in [0.717, 1.165) is 5.56 Å². The molecule has 2 aromatic rings. The first kappa shape index (κ1) is 21.3. The molecule has 2 aromatic carbocycles. The molecule has 2 rings (SSSR count). The fourth-order valence-corrected chi connectivity index (χ4v) is 2.93. The van der Waals surface area contributed by atoms with Gasteiger partial charge in [-0.05, 0) is 42.3 Å². The van der Waals surface area contributed by atoms with Crippen molar-refractivity contribution in [3.05, 3.63) is 47.3 Å². The summed E-state index contributed by atoms with van der Waals surface area (Å²) in [6.07, 6.45) is 0.156. The number of hydrogen-bond donors (Lipinski definition) is 0. The fourth-order valence-electron chi connectivity index (χ4n) is 2.93. The van der Waals surface area contributed by atoms with Crippen LogP contribution in [0.3, 0.4) is 0 Å². The van der Waals surface area contributed by atoms with Gasteiger partial charge in [-0.3, -0.25) is 4.79 Å². The van der Waals surface area contributed by atoms with Crippen molar-refractivity contribution >= 4 is 5.91 Å². The Bertz CT molecular complexity index is 799. The van der Waals surface area contributed by atoms with Crippen LogP contribution in [-0.2, 0) is 17.8 Å². The highest BCUT2D eigenvalue weighted by Gasteiger charge is 2.18. The molecular weight excluding hydrogens is 365 g/mol. The van der Waals surface area contributed by atoms with Crippen LogP contribution in [0, 0.1) is 5.82 Å². The molecule has 0 aliphatic heterocycles. The van der Waals surface area contributed by atoms with Crippen LogP contribution in [-0.4, -0.2) is 45.8 Å². The van der Waals surface area contributed by atoms with Crippen molar-refractivity contribution in [1.29, 1.82) is 0 Å². The minimum atomic E-state index is -0.451. The molecule has 0 saturated carbocycles. The van der Waals surface area contributed by atoms with Gasteiger partial charge in [0.1, 0.15) is 0 Å². The highest BCUT2D eigenvalue weighted by molar-refractivity contribution is 5.79. The van der Waals surface area contributed by atoms with Crippen LogP contribution in [0.5, 0.6) is 23.0 Å². The average molecular weight is 391 g/mol. The number of halogens is 1. The van der Waals surface area contributed by atoms with E-state index in [1.165, 1.54) is 34.5 Å². The Morgan fingerprint density at radius 1 is 0.893 bits per heavy atom. The summed E-state index contributed by atoms with van der Waals surface area (Å²) in [7, 11) is 5.99. The lowest BCUT2D eigenvalue weighted by atomic mass is 10.1. The SMILES string of the molecule is CCN(Cc1ccc(OC)c(F)c1)C(=O)Cc1cc(OC)c(OC)c(OC)c1. The topological polar surface area (TPSA) is 57.2 Å². The molecule has 0 bridgehead atoms. The second-order valence-electron chi connectivity index (χ2n) is 6.09. The number of carbonyl (C=O) groups excluding carboxylic acids is 1. The van der Waals surface area contributed by atoms with Crippen LogP contribution in [0.15, 0.2) is 30.3 Å². The van der Waals surface area contributed by atoms with Crippen molar-refractivity contribution in [2.24, 2.45) is 0 Å². The smallest absolute Gasteiger partial charge is 0.227 e. The van der Waals surface area contributed by atoms with Gasteiger partial charge in [-0.15, -0.1) is 0 Å². The first-order chi connectivity index (χ1) is 13.5. The lowest BCUT2D eigenvalue weighted by Gasteiger charge is -2.22. The molecule has 0 N–H and O–H groups in total. The summed E-state index contributed by atoms with van der Waals surface area (Å²) in [5.74, 6) is 1.09. The van der Waals surface area contributed by atoms with Crippen molar-refractivity contribution in [1.82, 2.24) is 4.90 Å². The molecule has 0 unspecified atom stereocenters. The lowest BCUT2D eigenvalue weighted by molar-refractivity contribution is -0.130. The van der Waals surface area contributed by atoms with E-state index in [0.29, 0.717) is 35.9 Å². The number of methoxy groups -OCH3 is 4. The predicted molar refractivity (Wildman–Crippen MR) is 104 cm³/mol. The van der Waals surface area contributed by atoms with Gasteiger partial charge >= 0.3 is 0 Å². The summed E-state index contributed by atoms with van der Waals surface area (Å²) in [4.78, 5) is 14.5. The molecule has 1 amide bonds.